The maximum absolute atomic E-state index is 15.5. The number of amides is 1. The summed E-state index contributed by atoms with van der Waals surface area (Å²) < 4.78 is 15.5. The first-order valence-electron chi connectivity index (χ1n) is 8.63. The molecule has 2 bridgehead atoms. The van der Waals surface area contributed by atoms with Crippen molar-refractivity contribution in [2.45, 2.75) is 43.4 Å². The number of alkyl halides is 1. The molecular weight excluding hydrogens is 371 g/mol. The summed E-state index contributed by atoms with van der Waals surface area (Å²) in [5.41, 5.74) is 0.263. The fourth-order valence-corrected chi connectivity index (χ4v) is 5.89. The molecule has 0 spiro atoms. The van der Waals surface area contributed by atoms with Crippen LogP contribution in [-0.2, 0) is 5.67 Å². The van der Waals surface area contributed by atoms with Gasteiger partial charge in [-0.15, -0.1) is 22.7 Å². The molecule has 134 valence electrons. The number of nitrogens with zero attached hydrogens (tertiary/aromatic N) is 3. The lowest BCUT2D eigenvalue weighted by Gasteiger charge is -2.41. The highest BCUT2D eigenvalue weighted by Crippen LogP contribution is 2.49. The Morgan fingerprint density at radius 1 is 1.31 bits per heavy atom. The number of piperidine rings is 1. The molecular formula is C18H17FN4OS2. The average Bonchev–Trinajstić information content (AvgIpc) is 3.41. The second-order valence-electron chi connectivity index (χ2n) is 6.99. The van der Waals surface area contributed by atoms with Crippen LogP contribution in [0.2, 0.25) is 0 Å². The van der Waals surface area contributed by atoms with Gasteiger partial charge in [0.2, 0.25) is 0 Å². The van der Waals surface area contributed by atoms with Crippen LogP contribution in [0.3, 0.4) is 0 Å². The molecule has 8 heteroatoms. The maximum atomic E-state index is 15.5. The number of hydrogen-bond donors (Lipinski definition) is 1. The Morgan fingerprint density at radius 2 is 2.12 bits per heavy atom. The normalized spacial score (nSPS) is 27.8. The van der Waals surface area contributed by atoms with Gasteiger partial charge < -0.3 is 4.90 Å². The van der Waals surface area contributed by atoms with Crippen LogP contribution in [0, 0.1) is 0 Å². The Kier molecular flexibility index (Phi) is 3.72. The summed E-state index contributed by atoms with van der Waals surface area (Å²) in [6, 6.07) is 1.81. The van der Waals surface area contributed by atoms with Crippen LogP contribution in [0.5, 0.6) is 0 Å². The quantitative estimate of drug-likeness (QED) is 0.730. The fourth-order valence-electron chi connectivity index (χ4n) is 4.28. The lowest BCUT2D eigenvalue weighted by Crippen LogP contribution is -2.50. The number of nitrogens with one attached hydrogen (secondary N) is 1. The zero-order chi connectivity index (χ0) is 17.7. The van der Waals surface area contributed by atoms with E-state index in [1.807, 2.05) is 27.9 Å². The highest BCUT2D eigenvalue weighted by molar-refractivity contribution is 7.13. The van der Waals surface area contributed by atoms with Gasteiger partial charge in [0.05, 0.1) is 11.8 Å². The minimum absolute atomic E-state index is 0.0182. The van der Waals surface area contributed by atoms with E-state index in [1.54, 1.807) is 12.4 Å². The molecule has 5 nitrogen and oxygen atoms in total. The summed E-state index contributed by atoms with van der Waals surface area (Å²) in [5, 5.41) is 11.0. The Labute approximate surface area is 157 Å². The van der Waals surface area contributed by atoms with Crippen molar-refractivity contribution >= 4 is 28.6 Å². The second kappa shape index (κ2) is 5.99. The van der Waals surface area contributed by atoms with Gasteiger partial charge in [-0.2, -0.15) is 5.10 Å². The van der Waals surface area contributed by atoms with Crippen molar-refractivity contribution in [3.8, 4) is 10.4 Å². The van der Waals surface area contributed by atoms with E-state index in [9.17, 15) is 4.79 Å². The highest BCUT2D eigenvalue weighted by Gasteiger charge is 2.52. The Bertz CT molecular complexity index is 907. The molecule has 0 aromatic carbocycles. The number of carbonyl (C=O) groups excluding carboxylic acids is 1. The molecule has 2 fully saturated rings. The van der Waals surface area contributed by atoms with Gasteiger partial charge in [-0.05, 0) is 18.9 Å². The molecule has 2 saturated heterocycles. The third-order valence-corrected chi connectivity index (χ3v) is 7.35. The van der Waals surface area contributed by atoms with Gasteiger partial charge in [0.1, 0.15) is 5.01 Å². The number of thiazole rings is 1. The van der Waals surface area contributed by atoms with Crippen LogP contribution in [0.15, 0.2) is 35.4 Å². The van der Waals surface area contributed by atoms with E-state index in [0.717, 1.165) is 23.3 Å². The Balaban J connectivity index is 1.39. The molecule has 2 aliphatic heterocycles. The average molecular weight is 388 g/mol. The number of aromatic nitrogens is 3. The largest absolute Gasteiger partial charge is 0.332 e. The lowest BCUT2D eigenvalue weighted by molar-refractivity contribution is 0.0104. The van der Waals surface area contributed by atoms with Gasteiger partial charge in [-0.1, -0.05) is 0 Å². The zero-order valence-electron chi connectivity index (χ0n) is 13.9. The predicted molar refractivity (Wildman–Crippen MR) is 99.0 cm³/mol. The third kappa shape index (κ3) is 2.51. The summed E-state index contributed by atoms with van der Waals surface area (Å²) in [6.07, 6.45) is 7.65. The molecule has 2 unspecified atom stereocenters. The molecule has 3 aromatic heterocycles. The number of rotatable bonds is 3. The van der Waals surface area contributed by atoms with Crippen LogP contribution in [0.1, 0.15) is 41.0 Å². The molecule has 5 heterocycles. The number of halogens is 1. The summed E-state index contributed by atoms with van der Waals surface area (Å²) in [5.74, 6) is 0.0182. The molecule has 26 heavy (non-hydrogen) atoms. The van der Waals surface area contributed by atoms with Gasteiger partial charge in [0.25, 0.3) is 5.91 Å². The van der Waals surface area contributed by atoms with E-state index >= 15 is 4.39 Å². The first-order valence-corrected chi connectivity index (χ1v) is 10.4. The zero-order valence-corrected chi connectivity index (χ0v) is 15.5. The second-order valence-corrected chi connectivity index (χ2v) is 8.80. The van der Waals surface area contributed by atoms with Crippen molar-refractivity contribution < 1.29 is 9.18 Å². The monoisotopic (exact) mass is 388 g/mol. The van der Waals surface area contributed by atoms with E-state index in [0.29, 0.717) is 23.4 Å². The number of thiophene rings is 1. The van der Waals surface area contributed by atoms with Gasteiger partial charge in [0.15, 0.2) is 5.67 Å². The van der Waals surface area contributed by atoms with Crippen LogP contribution in [0.4, 0.5) is 4.39 Å². The summed E-state index contributed by atoms with van der Waals surface area (Å²) in [7, 11) is 0. The number of carbonyl (C=O) groups is 1. The Morgan fingerprint density at radius 3 is 2.77 bits per heavy atom. The van der Waals surface area contributed by atoms with Crippen molar-refractivity contribution in [2.24, 2.45) is 0 Å². The van der Waals surface area contributed by atoms with E-state index in [1.165, 1.54) is 22.7 Å². The Hall–Kier alpha value is -2.06. The van der Waals surface area contributed by atoms with Crippen LogP contribution >= 0.6 is 22.7 Å². The van der Waals surface area contributed by atoms with E-state index < -0.39 is 5.67 Å². The van der Waals surface area contributed by atoms with E-state index in [2.05, 4.69) is 15.2 Å². The first-order chi connectivity index (χ1) is 12.6. The van der Waals surface area contributed by atoms with Gasteiger partial charge in [-0.25, -0.2) is 9.37 Å². The minimum Gasteiger partial charge on any atom is -0.332 e. The molecule has 5 rings (SSSR count). The highest BCUT2D eigenvalue weighted by atomic mass is 32.1. The number of hydrogen-bond acceptors (Lipinski definition) is 5. The van der Waals surface area contributed by atoms with Crippen LogP contribution < -0.4 is 0 Å². The van der Waals surface area contributed by atoms with Crippen molar-refractivity contribution in [2.75, 3.05) is 0 Å². The maximum Gasteiger partial charge on any atom is 0.255 e. The first kappa shape index (κ1) is 16.1. The van der Waals surface area contributed by atoms with Gasteiger partial charge in [0, 0.05) is 58.5 Å². The van der Waals surface area contributed by atoms with Crippen LogP contribution in [-0.4, -0.2) is 38.1 Å². The third-order valence-electron chi connectivity index (χ3n) is 5.42. The summed E-state index contributed by atoms with van der Waals surface area (Å²) in [4.78, 5) is 20.2. The molecule has 3 aromatic rings. The van der Waals surface area contributed by atoms with Gasteiger partial charge >= 0.3 is 0 Å². The molecule has 2 atom stereocenters. The topological polar surface area (TPSA) is 61.9 Å². The van der Waals surface area contributed by atoms with Crippen molar-refractivity contribution in [1.82, 2.24) is 20.1 Å². The molecule has 0 aliphatic carbocycles. The van der Waals surface area contributed by atoms with E-state index in [-0.39, 0.29) is 18.0 Å². The van der Waals surface area contributed by atoms with Gasteiger partial charge in [-0.3, -0.25) is 9.89 Å². The lowest BCUT2D eigenvalue weighted by atomic mass is 9.87. The number of aromatic amines is 1. The number of fused-ring (bicyclic) bond motifs is 2. The number of H-pyrrole nitrogens is 1. The van der Waals surface area contributed by atoms with E-state index in [4.69, 9.17) is 0 Å². The molecule has 2 aliphatic rings. The molecule has 1 amide bonds. The smallest absolute Gasteiger partial charge is 0.255 e. The van der Waals surface area contributed by atoms with Crippen molar-refractivity contribution in [3.05, 3.63) is 46.0 Å². The summed E-state index contributed by atoms with van der Waals surface area (Å²) in [6.45, 7) is 0. The predicted octanol–water partition coefficient (Wildman–Crippen LogP) is 4.23. The molecule has 0 radical (unpaired) electrons. The SMILES string of the molecule is O=C(c1csc(-c2cn[nH]c2)c1)N1C2CCC1CC(F)(c1nccs1)C2. The fraction of sp³-hybridized carbons (Fsp3) is 0.389. The van der Waals surface area contributed by atoms with Crippen molar-refractivity contribution in [1.29, 1.82) is 0 Å². The standard InChI is InChI=1S/C18H17FN4OS2/c19-18(17-20-3-4-25-17)6-13-1-2-14(7-18)23(13)16(24)11-5-15(26-10-11)12-8-21-22-9-12/h3-5,8-10,13-14H,1-2,6-7H2,(H,21,22). The minimum atomic E-state index is -1.40. The molecule has 0 saturated carbocycles. The molecule has 1 N–H and O–H groups in total. The van der Waals surface area contributed by atoms with Crippen molar-refractivity contribution in [3.63, 3.8) is 0 Å². The van der Waals surface area contributed by atoms with Crippen LogP contribution in [0.25, 0.3) is 10.4 Å². The summed E-state index contributed by atoms with van der Waals surface area (Å²) >= 11 is 2.90.